The molecule has 3 aliphatic rings. The van der Waals surface area contributed by atoms with Crippen molar-refractivity contribution in [3.8, 4) is 11.5 Å². The van der Waals surface area contributed by atoms with Crippen LogP contribution in [-0.2, 0) is 9.59 Å². The van der Waals surface area contributed by atoms with Gasteiger partial charge in [0, 0.05) is 15.6 Å². The first-order valence-electron chi connectivity index (χ1n) is 10.8. The molecule has 0 spiro atoms. The van der Waals surface area contributed by atoms with Crippen molar-refractivity contribution in [2.75, 3.05) is 13.2 Å². The first-order valence-corrected chi connectivity index (χ1v) is 11.6. The van der Waals surface area contributed by atoms with Gasteiger partial charge in [0.05, 0.1) is 11.6 Å². The molecule has 0 saturated heterocycles. The molecule has 0 heterocycles. The molecule has 3 aliphatic carbocycles. The fourth-order valence-electron chi connectivity index (χ4n) is 4.67. The summed E-state index contributed by atoms with van der Waals surface area (Å²) in [4.78, 5) is 25.0. The van der Waals surface area contributed by atoms with Gasteiger partial charge in [-0.2, -0.15) is 0 Å². The van der Waals surface area contributed by atoms with Crippen molar-refractivity contribution in [2.24, 2.45) is 0 Å². The number of nitrogens with one attached hydrogen (secondary N) is 2. The van der Waals surface area contributed by atoms with Gasteiger partial charge in [0.2, 0.25) is 0 Å². The molecule has 1 atom stereocenters. The van der Waals surface area contributed by atoms with Gasteiger partial charge in [0.25, 0.3) is 11.8 Å². The van der Waals surface area contributed by atoms with Crippen LogP contribution in [0, 0.1) is 0 Å². The maximum atomic E-state index is 12.5. The maximum Gasteiger partial charge on any atom is 0.258 e. The van der Waals surface area contributed by atoms with E-state index in [0.29, 0.717) is 53.6 Å². The van der Waals surface area contributed by atoms with Gasteiger partial charge in [-0.25, -0.2) is 0 Å². The molecule has 3 fully saturated rings. The fourth-order valence-corrected chi connectivity index (χ4v) is 4.92. The van der Waals surface area contributed by atoms with E-state index in [1.54, 1.807) is 48.5 Å². The van der Waals surface area contributed by atoms with Gasteiger partial charge < -0.3 is 25.2 Å². The summed E-state index contributed by atoms with van der Waals surface area (Å²) in [6.07, 6.45) is 2.07. The lowest BCUT2D eigenvalue weighted by Gasteiger charge is -2.56. The Bertz CT molecular complexity index is 989. The molecular formula is C24H26Cl2N2O5. The minimum Gasteiger partial charge on any atom is -0.484 e. The van der Waals surface area contributed by atoms with Crippen LogP contribution in [0.3, 0.4) is 0 Å². The molecule has 0 unspecified atom stereocenters. The lowest BCUT2D eigenvalue weighted by atomic mass is 9.60. The van der Waals surface area contributed by atoms with Gasteiger partial charge in [-0.1, -0.05) is 23.2 Å². The minimum atomic E-state index is -0.767. The normalized spacial score (nSPS) is 25.8. The van der Waals surface area contributed by atoms with Gasteiger partial charge in [0.15, 0.2) is 13.2 Å². The SMILES string of the molecule is O=C(COc1ccc(Cl)cc1)NC12CCC(NC(=O)COc3ccc(Cl)cc3)(CC1)[C@@H](O)C2. The lowest BCUT2D eigenvalue weighted by molar-refractivity contribution is -0.137. The largest absolute Gasteiger partial charge is 0.484 e. The van der Waals surface area contributed by atoms with Crippen LogP contribution in [0.2, 0.25) is 10.0 Å². The van der Waals surface area contributed by atoms with E-state index in [1.807, 2.05) is 0 Å². The van der Waals surface area contributed by atoms with Crippen LogP contribution in [0.25, 0.3) is 0 Å². The van der Waals surface area contributed by atoms with Crippen LogP contribution in [0.1, 0.15) is 32.1 Å². The molecule has 7 nitrogen and oxygen atoms in total. The number of carbonyl (C=O) groups excluding carboxylic acids is 2. The minimum absolute atomic E-state index is 0.122. The van der Waals surface area contributed by atoms with Gasteiger partial charge in [-0.15, -0.1) is 0 Å². The predicted octanol–water partition coefficient (Wildman–Crippen LogP) is 3.50. The van der Waals surface area contributed by atoms with E-state index in [0.717, 1.165) is 0 Å². The number of aliphatic hydroxyl groups excluding tert-OH is 1. The Morgan fingerprint density at radius 2 is 1.27 bits per heavy atom. The number of carbonyl (C=O) groups is 2. The van der Waals surface area contributed by atoms with E-state index in [4.69, 9.17) is 32.7 Å². The summed E-state index contributed by atoms with van der Waals surface area (Å²) in [6.45, 7) is -0.274. The molecule has 2 amide bonds. The van der Waals surface area contributed by atoms with E-state index in [9.17, 15) is 14.7 Å². The van der Waals surface area contributed by atoms with Gasteiger partial charge >= 0.3 is 0 Å². The number of fused-ring (bicyclic) bond motifs is 3. The molecule has 3 saturated carbocycles. The van der Waals surface area contributed by atoms with Crippen LogP contribution < -0.4 is 20.1 Å². The molecule has 0 radical (unpaired) electrons. The summed E-state index contributed by atoms with van der Waals surface area (Å²) in [5.74, 6) is 0.565. The Kier molecular flexibility index (Phi) is 7.02. The number of halogens is 2. The molecule has 2 aromatic rings. The topological polar surface area (TPSA) is 96.9 Å². The number of benzene rings is 2. The van der Waals surface area contributed by atoms with E-state index in [2.05, 4.69) is 10.6 Å². The first kappa shape index (κ1) is 23.7. The lowest BCUT2D eigenvalue weighted by Crippen LogP contribution is -2.70. The third-order valence-corrected chi connectivity index (χ3v) is 6.99. The van der Waals surface area contributed by atoms with Crippen molar-refractivity contribution in [3.63, 3.8) is 0 Å². The highest BCUT2D eigenvalue weighted by molar-refractivity contribution is 6.30. The molecule has 2 aromatic carbocycles. The van der Waals surface area contributed by atoms with E-state index in [-0.39, 0.29) is 25.0 Å². The number of rotatable bonds is 8. The average Bonchev–Trinajstić information content (AvgIpc) is 2.79. The summed E-state index contributed by atoms with van der Waals surface area (Å²) in [5.41, 5.74) is -1.20. The molecule has 5 rings (SSSR count). The Morgan fingerprint density at radius 3 is 1.73 bits per heavy atom. The zero-order valence-electron chi connectivity index (χ0n) is 18.0. The van der Waals surface area contributed by atoms with Crippen molar-refractivity contribution in [1.82, 2.24) is 10.6 Å². The molecule has 9 heteroatoms. The highest BCUT2D eigenvalue weighted by Crippen LogP contribution is 2.47. The van der Waals surface area contributed by atoms with E-state index >= 15 is 0 Å². The van der Waals surface area contributed by atoms with Crippen molar-refractivity contribution >= 4 is 35.0 Å². The molecule has 176 valence electrons. The van der Waals surface area contributed by atoms with E-state index < -0.39 is 17.2 Å². The van der Waals surface area contributed by atoms with Crippen LogP contribution in [-0.4, -0.2) is 47.3 Å². The zero-order chi connectivity index (χ0) is 23.5. The van der Waals surface area contributed by atoms with Crippen molar-refractivity contribution in [2.45, 2.75) is 49.3 Å². The standard InChI is InChI=1S/C24H26Cl2N2O5/c25-16-1-5-18(6-2-16)32-14-21(30)27-23-9-11-24(12-10-23,20(29)13-23)28-22(31)15-33-19-7-3-17(26)4-8-19/h1-8,20,29H,9-15H2,(H,27,30)(H,28,31)/t20-,23?,24?/m0/s1. The number of amides is 2. The first-order chi connectivity index (χ1) is 15.8. The predicted molar refractivity (Wildman–Crippen MR) is 125 cm³/mol. The third-order valence-electron chi connectivity index (χ3n) is 6.48. The second-order valence-corrected chi connectivity index (χ2v) is 9.61. The Labute approximate surface area is 202 Å². The summed E-state index contributed by atoms with van der Waals surface area (Å²) in [7, 11) is 0. The highest BCUT2D eigenvalue weighted by Gasteiger charge is 2.55. The summed E-state index contributed by atoms with van der Waals surface area (Å²) >= 11 is 11.7. The van der Waals surface area contributed by atoms with Crippen molar-refractivity contribution in [1.29, 1.82) is 0 Å². The number of hydrogen-bond acceptors (Lipinski definition) is 5. The number of aliphatic hydroxyl groups is 1. The monoisotopic (exact) mass is 492 g/mol. The average molecular weight is 493 g/mol. The second kappa shape index (κ2) is 9.79. The number of ether oxygens (including phenoxy) is 2. The summed E-state index contributed by atoms with van der Waals surface area (Å²) in [5, 5.41) is 18.1. The highest BCUT2D eigenvalue weighted by atomic mass is 35.5. The zero-order valence-corrected chi connectivity index (χ0v) is 19.5. The number of hydrogen-bond donors (Lipinski definition) is 3. The fraction of sp³-hybridized carbons (Fsp3) is 0.417. The Hall–Kier alpha value is -2.48. The molecule has 0 aromatic heterocycles. The maximum absolute atomic E-state index is 12.5. The van der Waals surface area contributed by atoms with Crippen LogP contribution in [0.5, 0.6) is 11.5 Å². The van der Waals surface area contributed by atoms with Gasteiger partial charge in [-0.05, 0) is 80.6 Å². The van der Waals surface area contributed by atoms with Crippen molar-refractivity contribution in [3.05, 3.63) is 58.6 Å². The van der Waals surface area contributed by atoms with Gasteiger partial charge in [0.1, 0.15) is 11.5 Å². The van der Waals surface area contributed by atoms with Crippen LogP contribution in [0.15, 0.2) is 48.5 Å². The molecule has 33 heavy (non-hydrogen) atoms. The summed E-state index contributed by atoms with van der Waals surface area (Å²) in [6, 6.07) is 13.6. The van der Waals surface area contributed by atoms with Crippen molar-refractivity contribution < 1.29 is 24.2 Å². The molecule has 2 bridgehead atoms. The van der Waals surface area contributed by atoms with Gasteiger partial charge in [-0.3, -0.25) is 9.59 Å². The molecular weight excluding hydrogens is 467 g/mol. The second-order valence-electron chi connectivity index (χ2n) is 8.74. The van der Waals surface area contributed by atoms with E-state index in [1.165, 1.54) is 0 Å². The van der Waals surface area contributed by atoms with Crippen LogP contribution in [0.4, 0.5) is 0 Å². The molecule has 0 aliphatic heterocycles. The quantitative estimate of drug-likeness (QED) is 0.523. The summed E-state index contributed by atoms with van der Waals surface area (Å²) < 4.78 is 11.0. The third kappa shape index (κ3) is 5.72. The Morgan fingerprint density at radius 1 is 0.818 bits per heavy atom. The Balaban J connectivity index is 1.27. The molecule has 3 N–H and O–H groups in total. The smallest absolute Gasteiger partial charge is 0.258 e. The van der Waals surface area contributed by atoms with Crippen LogP contribution >= 0.6 is 23.2 Å².